The van der Waals surface area contributed by atoms with Gasteiger partial charge in [-0.15, -0.1) is 0 Å². The maximum atomic E-state index is 13.6. The second kappa shape index (κ2) is 5.23. The fourth-order valence-corrected chi connectivity index (χ4v) is 7.17. The minimum absolute atomic E-state index is 0.0824. The van der Waals surface area contributed by atoms with Gasteiger partial charge in [0.1, 0.15) is 5.78 Å². The van der Waals surface area contributed by atoms with Crippen LogP contribution in [0.3, 0.4) is 0 Å². The summed E-state index contributed by atoms with van der Waals surface area (Å²) in [5.74, 6) is -0.316. The SMILES string of the molecule is CC1(C)C(=O)[C@H]2CCC[C@]23C=C[C@H]1N3S(=O)(=O)c1ccccc1[N+](=O)[O-]. The molecule has 138 valence electrons. The quantitative estimate of drug-likeness (QED) is 0.459. The van der Waals surface area contributed by atoms with Crippen molar-refractivity contribution in [2.75, 3.05) is 0 Å². The number of fused-ring (bicyclic) bond motifs is 1. The molecule has 0 amide bonds. The summed E-state index contributed by atoms with van der Waals surface area (Å²) in [6.45, 7) is 3.53. The van der Waals surface area contributed by atoms with Crippen LogP contribution in [0.15, 0.2) is 41.3 Å². The average molecular weight is 376 g/mol. The Balaban J connectivity index is 1.93. The second-order valence-electron chi connectivity index (χ2n) is 7.85. The number of nitrogens with zero attached hydrogens (tertiary/aromatic N) is 2. The molecular formula is C18H20N2O5S. The Bertz CT molecular complexity index is 952. The monoisotopic (exact) mass is 376 g/mol. The van der Waals surface area contributed by atoms with Crippen LogP contribution >= 0.6 is 0 Å². The van der Waals surface area contributed by atoms with E-state index >= 15 is 0 Å². The Kier molecular flexibility index (Phi) is 3.49. The molecule has 1 aromatic carbocycles. The standard InChI is InChI=1S/C18H20N2O5S/c1-17(2)15-9-11-18(10-5-6-12(18)16(17)21)19(15)26(24,25)14-8-4-3-7-13(14)20(22)23/h3-4,7-9,11-12,15H,5-6,10H2,1-2H3/t12-,15-,18+/m1/s1. The van der Waals surface area contributed by atoms with Crippen molar-refractivity contribution in [1.29, 1.82) is 0 Å². The number of nitro benzene ring substituents is 1. The number of carbonyl (C=O) groups excluding carboxylic acids is 1. The zero-order chi connectivity index (χ0) is 18.9. The molecule has 0 aromatic heterocycles. The van der Waals surface area contributed by atoms with E-state index in [4.69, 9.17) is 0 Å². The maximum Gasteiger partial charge on any atom is 0.289 e. The highest BCUT2D eigenvalue weighted by Gasteiger charge is 2.67. The smallest absolute Gasteiger partial charge is 0.289 e. The molecule has 3 atom stereocenters. The first-order chi connectivity index (χ1) is 12.1. The number of sulfonamides is 1. The van der Waals surface area contributed by atoms with Gasteiger partial charge in [-0.2, -0.15) is 4.31 Å². The lowest BCUT2D eigenvalue weighted by Gasteiger charge is -2.51. The molecule has 1 aliphatic carbocycles. The zero-order valence-corrected chi connectivity index (χ0v) is 15.4. The fraction of sp³-hybridized carbons (Fsp3) is 0.500. The molecule has 2 heterocycles. The highest BCUT2D eigenvalue weighted by Crippen LogP contribution is 2.57. The van der Waals surface area contributed by atoms with Crippen LogP contribution in [0.25, 0.3) is 0 Å². The number of nitro groups is 1. The molecule has 2 fully saturated rings. The van der Waals surface area contributed by atoms with E-state index in [0.717, 1.165) is 6.42 Å². The van der Waals surface area contributed by atoms with Gasteiger partial charge in [0, 0.05) is 17.4 Å². The normalized spacial score (nSPS) is 32.6. The fourth-order valence-electron chi connectivity index (χ4n) is 4.94. The van der Waals surface area contributed by atoms with Crippen LogP contribution in [-0.4, -0.2) is 35.0 Å². The van der Waals surface area contributed by atoms with Gasteiger partial charge in [0.05, 0.1) is 16.5 Å². The Hall–Kier alpha value is -2.06. The van der Waals surface area contributed by atoms with Gasteiger partial charge in [-0.25, -0.2) is 8.42 Å². The summed E-state index contributed by atoms with van der Waals surface area (Å²) in [6, 6.07) is 4.78. The molecule has 2 aliphatic heterocycles. The van der Waals surface area contributed by atoms with Crippen LogP contribution in [0.1, 0.15) is 33.1 Å². The lowest BCUT2D eigenvalue weighted by molar-refractivity contribution is -0.387. The molecule has 1 saturated carbocycles. The highest BCUT2D eigenvalue weighted by molar-refractivity contribution is 7.89. The minimum atomic E-state index is -4.15. The Morgan fingerprint density at radius 2 is 1.96 bits per heavy atom. The molecule has 0 unspecified atom stereocenters. The van der Waals surface area contributed by atoms with E-state index in [-0.39, 0.29) is 10.7 Å². The topological polar surface area (TPSA) is 97.6 Å². The number of Topliss-reactive ketones (excluding diaryl/α,β-unsaturated/α-hetero) is 1. The summed E-state index contributed by atoms with van der Waals surface area (Å²) in [5, 5.41) is 11.4. The van der Waals surface area contributed by atoms with Gasteiger partial charge in [0.2, 0.25) is 0 Å². The molecule has 0 radical (unpaired) electrons. The molecule has 4 rings (SSSR count). The van der Waals surface area contributed by atoms with Crippen LogP contribution in [0.2, 0.25) is 0 Å². The lowest BCUT2D eigenvalue weighted by atomic mass is 9.69. The summed E-state index contributed by atoms with van der Waals surface area (Å²) in [4.78, 5) is 23.4. The molecule has 1 saturated heterocycles. The van der Waals surface area contributed by atoms with Gasteiger partial charge in [0.25, 0.3) is 15.7 Å². The number of benzene rings is 1. The van der Waals surface area contributed by atoms with Gasteiger partial charge in [-0.05, 0) is 18.9 Å². The van der Waals surface area contributed by atoms with Gasteiger partial charge in [-0.1, -0.05) is 44.6 Å². The van der Waals surface area contributed by atoms with Crippen molar-refractivity contribution < 1.29 is 18.1 Å². The number of para-hydroxylation sites is 1. The molecule has 1 aromatic rings. The van der Waals surface area contributed by atoms with Crippen LogP contribution in [-0.2, 0) is 14.8 Å². The van der Waals surface area contributed by atoms with E-state index in [1.807, 2.05) is 6.08 Å². The van der Waals surface area contributed by atoms with E-state index in [9.17, 15) is 23.3 Å². The van der Waals surface area contributed by atoms with E-state index in [1.165, 1.54) is 28.6 Å². The van der Waals surface area contributed by atoms with Crippen molar-refractivity contribution in [3.63, 3.8) is 0 Å². The molecule has 2 bridgehead atoms. The largest absolute Gasteiger partial charge is 0.299 e. The van der Waals surface area contributed by atoms with Crippen molar-refractivity contribution in [3.05, 3.63) is 46.5 Å². The maximum absolute atomic E-state index is 13.6. The first-order valence-corrected chi connectivity index (χ1v) is 10.1. The Labute approximate surface area is 151 Å². The molecule has 7 nitrogen and oxygen atoms in total. The number of ketones is 1. The molecular weight excluding hydrogens is 356 g/mol. The lowest BCUT2D eigenvalue weighted by Crippen LogP contribution is -2.65. The number of rotatable bonds is 3. The van der Waals surface area contributed by atoms with Gasteiger partial charge >= 0.3 is 0 Å². The molecule has 0 N–H and O–H groups in total. The van der Waals surface area contributed by atoms with Crippen molar-refractivity contribution in [2.45, 2.75) is 49.6 Å². The first-order valence-electron chi connectivity index (χ1n) is 8.66. The van der Waals surface area contributed by atoms with Gasteiger partial charge < -0.3 is 0 Å². The van der Waals surface area contributed by atoms with Gasteiger partial charge in [0.15, 0.2) is 4.90 Å². The second-order valence-corrected chi connectivity index (χ2v) is 9.63. The number of carbonyl (C=O) groups is 1. The number of hydrogen-bond acceptors (Lipinski definition) is 5. The number of hydrogen-bond donors (Lipinski definition) is 0. The predicted octanol–water partition coefficient (Wildman–Crippen LogP) is 2.67. The third-order valence-corrected chi connectivity index (χ3v) is 8.18. The van der Waals surface area contributed by atoms with Crippen LogP contribution < -0.4 is 0 Å². The van der Waals surface area contributed by atoms with Crippen molar-refractivity contribution >= 4 is 21.5 Å². The Morgan fingerprint density at radius 3 is 2.65 bits per heavy atom. The van der Waals surface area contributed by atoms with Crippen molar-refractivity contribution in [3.8, 4) is 0 Å². The van der Waals surface area contributed by atoms with E-state index in [1.54, 1.807) is 19.9 Å². The summed E-state index contributed by atoms with van der Waals surface area (Å²) in [5.41, 5.74) is -2.20. The summed E-state index contributed by atoms with van der Waals surface area (Å²) >= 11 is 0. The average Bonchev–Trinajstić information content (AvgIpc) is 3.18. The van der Waals surface area contributed by atoms with E-state index in [0.29, 0.717) is 12.8 Å². The van der Waals surface area contributed by atoms with E-state index < -0.39 is 43.5 Å². The molecule has 8 heteroatoms. The van der Waals surface area contributed by atoms with Crippen LogP contribution in [0, 0.1) is 21.4 Å². The first kappa shape index (κ1) is 17.4. The summed E-state index contributed by atoms with van der Waals surface area (Å²) in [7, 11) is -4.15. The Morgan fingerprint density at radius 1 is 1.27 bits per heavy atom. The van der Waals surface area contributed by atoms with Gasteiger partial charge in [-0.3, -0.25) is 14.9 Å². The minimum Gasteiger partial charge on any atom is -0.299 e. The van der Waals surface area contributed by atoms with Crippen LogP contribution in [0.5, 0.6) is 0 Å². The van der Waals surface area contributed by atoms with Crippen molar-refractivity contribution in [2.24, 2.45) is 11.3 Å². The zero-order valence-electron chi connectivity index (χ0n) is 14.6. The number of piperidine rings is 1. The third kappa shape index (κ3) is 1.97. The summed E-state index contributed by atoms with van der Waals surface area (Å²) in [6.07, 6.45) is 5.62. The third-order valence-electron chi connectivity index (χ3n) is 6.19. The highest BCUT2D eigenvalue weighted by atomic mass is 32.2. The molecule has 1 spiro atoms. The van der Waals surface area contributed by atoms with E-state index in [2.05, 4.69) is 0 Å². The summed E-state index contributed by atoms with van der Waals surface area (Å²) < 4.78 is 28.5. The van der Waals surface area contributed by atoms with Crippen LogP contribution in [0.4, 0.5) is 5.69 Å². The predicted molar refractivity (Wildman–Crippen MR) is 93.9 cm³/mol. The molecule has 3 aliphatic rings. The molecule has 26 heavy (non-hydrogen) atoms. The van der Waals surface area contributed by atoms with Crippen molar-refractivity contribution in [1.82, 2.24) is 4.31 Å².